The van der Waals surface area contributed by atoms with Gasteiger partial charge in [-0.2, -0.15) is 14.7 Å². The summed E-state index contributed by atoms with van der Waals surface area (Å²) < 4.78 is 35.7. The second-order valence-electron chi connectivity index (χ2n) is 8.57. The molecule has 0 aliphatic carbocycles. The molecule has 0 bridgehead atoms. The van der Waals surface area contributed by atoms with Gasteiger partial charge in [-0.05, 0) is 44.2 Å². The molecule has 1 aliphatic heterocycles. The number of carbonyl (C=O) groups excluding carboxylic acids is 1. The average molecular weight is 506 g/mol. The van der Waals surface area contributed by atoms with Crippen molar-refractivity contribution in [1.82, 2.24) is 19.4 Å². The van der Waals surface area contributed by atoms with Crippen molar-refractivity contribution in [3.63, 3.8) is 0 Å². The van der Waals surface area contributed by atoms with Crippen LogP contribution in [0.4, 0.5) is 0 Å². The number of nitrogens with zero attached hydrogens (tertiary/aromatic N) is 4. The Bertz CT molecular complexity index is 1430. The fourth-order valence-corrected chi connectivity index (χ4v) is 5.79. The van der Waals surface area contributed by atoms with Gasteiger partial charge in [0.05, 0.1) is 22.8 Å². The average Bonchev–Trinajstić information content (AvgIpc) is 3.30. The van der Waals surface area contributed by atoms with Crippen molar-refractivity contribution < 1.29 is 17.9 Å². The summed E-state index contributed by atoms with van der Waals surface area (Å²) in [6, 6.07) is 17.8. The molecule has 1 aromatic heterocycles. The first-order valence-corrected chi connectivity index (χ1v) is 12.9. The Balaban J connectivity index is 1.81. The summed E-state index contributed by atoms with van der Waals surface area (Å²) in [5.74, 6) is -0.525. The maximum Gasteiger partial charge on any atom is 0.261 e. The van der Waals surface area contributed by atoms with Crippen molar-refractivity contribution >= 4 is 22.0 Å². The lowest BCUT2D eigenvalue weighted by Crippen LogP contribution is -2.48. The van der Waals surface area contributed by atoms with Crippen molar-refractivity contribution in [2.45, 2.75) is 31.0 Å². The quantitative estimate of drug-likeness (QED) is 0.407. The summed E-state index contributed by atoms with van der Waals surface area (Å²) in [6.45, 7) is 4.24. The van der Waals surface area contributed by atoms with E-state index in [9.17, 15) is 18.5 Å². The molecule has 2 unspecified atom stereocenters. The minimum absolute atomic E-state index is 0.0913. The van der Waals surface area contributed by atoms with E-state index in [0.29, 0.717) is 16.8 Å². The predicted octanol–water partition coefficient (Wildman–Crippen LogP) is 2.99. The third-order valence-electron chi connectivity index (χ3n) is 5.79. The zero-order chi connectivity index (χ0) is 25.9. The van der Waals surface area contributed by atoms with Gasteiger partial charge in [0.15, 0.2) is 0 Å². The van der Waals surface area contributed by atoms with E-state index in [1.807, 2.05) is 50.2 Å². The first-order valence-electron chi connectivity index (χ1n) is 11.5. The molecule has 36 heavy (non-hydrogen) atoms. The summed E-state index contributed by atoms with van der Waals surface area (Å²) in [5, 5.41) is 16.7. The van der Waals surface area contributed by atoms with E-state index >= 15 is 0 Å². The molecule has 1 aliphatic rings. The number of ether oxygens (including phenoxy) is 1. The van der Waals surface area contributed by atoms with Crippen LogP contribution in [0.3, 0.4) is 0 Å². The Morgan fingerprint density at radius 1 is 1.14 bits per heavy atom. The van der Waals surface area contributed by atoms with Gasteiger partial charge in [0.25, 0.3) is 5.91 Å². The number of para-hydroxylation sites is 1. The molecule has 0 saturated carbocycles. The largest absolute Gasteiger partial charge is 0.373 e. The molecule has 4 rings (SSSR count). The highest BCUT2D eigenvalue weighted by Gasteiger charge is 2.32. The normalized spacial score (nSPS) is 19.0. The molecule has 0 spiro atoms. The van der Waals surface area contributed by atoms with E-state index in [-0.39, 0.29) is 35.8 Å². The second-order valence-corrected chi connectivity index (χ2v) is 10.5. The lowest BCUT2D eigenvalue weighted by molar-refractivity contribution is -0.116. The standard InChI is InChI=1S/C26H27N5O4S/c1-18-15-30(16-19(2)35-18)36(33,34)24-11-7-8-20(13-24)25-22(12-21(14-27)26(32)28-3)17-31(29-25)23-9-5-4-6-10-23/h4-13,17-19H,15-16H2,1-3H3,(H,28,32)/b21-12+. The van der Waals surface area contributed by atoms with Crippen molar-refractivity contribution in [1.29, 1.82) is 5.26 Å². The van der Waals surface area contributed by atoms with E-state index in [1.165, 1.54) is 17.4 Å². The van der Waals surface area contributed by atoms with Gasteiger partial charge < -0.3 is 10.1 Å². The number of hydrogen-bond acceptors (Lipinski definition) is 6. The molecule has 1 fully saturated rings. The van der Waals surface area contributed by atoms with Crippen LogP contribution in [0.1, 0.15) is 19.4 Å². The molecular formula is C26H27N5O4S. The number of carbonyl (C=O) groups is 1. The fourth-order valence-electron chi connectivity index (χ4n) is 4.15. The van der Waals surface area contributed by atoms with Crippen LogP contribution in [-0.2, 0) is 19.6 Å². The molecule has 2 atom stereocenters. The Hall–Kier alpha value is -3.78. The number of benzene rings is 2. The lowest BCUT2D eigenvalue weighted by Gasteiger charge is -2.34. The predicted molar refractivity (Wildman–Crippen MR) is 135 cm³/mol. The van der Waals surface area contributed by atoms with Crippen LogP contribution in [-0.4, -0.2) is 60.8 Å². The SMILES string of the molecule is CNC(=O)/C(C#N)=C/c1cn(-c2ccccc2)nc1-c1cccc(S(=O)(=O)N2CC(C)OC(C)C2)c1. The van der Waals surface area contributed by atoms with Gasteiger partial charge in [-0.25, -0.2) is 13.1 Å². The summed E-state index contributed by atoms with van der Waals surface area (Å²) >= 11 is 0. The number of amides is 1. The highest BCUT2D eigenvalue weighted by molar-refractivity contribution is 7.89. The number of nitrogens with one attached hydrogen (secondary N) is 1. The Kier molecular flexibility index (Phi) is 7.35. The van der Waals surface area contributed by atoms with E-state index in [2.05, 4.69) is 10.4 Å². The number of hydrogen-bond donors (Lipinski definition) is 1. The van der Waals surface area contributed by atoms with Gasteiger partial charge in [-0.15, -0.1) is 0 Å². The number of nitriles is 1. The van der Waals surface area contributed by atoms with Crippen LogP contribution < -0.4 is 5.32 Å². The van der Waals surface area contributed by atoms with Crippen molar-refractivity contribution in [2.24, 2.45) is 0 Å². The zero-order valence-electron chi connectivity index (χ0n) is 20.2. The third-order valence-corrected chi connectivity index (χ3v) is 7.61. The first-order chi connectivity index (χ1) is 17.2. The van der Waals surface area contributed by atoms with E-state index in [4.69, 9.17) is 4.74 Å². The molecule has 186 valence electrons. The van der Waals surface area contributed by atoms with Crippen molar-refractivity contribution in [2.75, 3.05) is 20.1 Å². The maximum atomic E-state index is 13.5. The summed E-state index contributed by atoms with van der Waals surface area (Å²) in [4.78, 5) is 12.3. The van der Waals surface area contributed by atoms with Crippen LogP contribution in [0, 0.1) is 11.3 Å². The third kappa shape index (κ3) is 5.23. The van der Waals surface area contributed by atoms with Crippen LogP contribution >= 0.6 is 0 Å². The highest BCUT2D eigenvalue weighted by Crippen LogP contribution is 2.29. The number of morpholine rings is 1. The number of likely N-dealkylation sites (N-methyl/N-ethyl adjacent to an activating group) is 1. The first kappa shape index (κ1) is 25.3. The molecule has 1 N–H and O–H groups in total. The molecule has 1 amide bonds. The van der Waals surface area contributed by atoms with E-state index in [1.54, 1.807) is 35.1 Å². The topological polar surface area (TPSA) is 117 Å². The fraction of sp³-hybridized carbons (Fsp3) is 0.269. The van der Waals surface area contributed by atoms with Gasteiger partial charge in [-0.3, -0.25) is 4.79 Å². The van der Waals surface area contributed by atoms with Gasteiger partial charge in [0.2, 0.25) is 10.0 Å². The highest BCUT2D eigenvalue weighted by atomic mass is 32.2. The summed E-state index contributed by atoms with van der Waals surface area (Å²) in [7, 11) is -2.33. The minimum Gasteiger partial charge on any atom is -0.373 e. The molecule has 1 saturated heterocycles. The molecule has 10 heteroatoms. The zero-order valence-corrected chi connectivity index (χ0v) is 21.1. The Morgan fingerprint density at radius 3 is 2.47 bits per heavy atom. The molecular weight excluding hydrogens is 478 g/mol. The Morgan fingerprint density at radius 2 is 1.83 bits per heavy atom. The number of sulfonamides is 1. The number of aromatic nitrogens is 2. The van der Waals surface area contributed by atoms with Crippen LogP contribution in [0.25, 0.3) is 23.0 Å². The molecule has 2 aromatic carbocycles. The second kappa shape index (κ2) is 10.5. The van der Waals surface area contributed by atoms with E-state index in [0.717, 1.165) is 5.69 Å². The smallest absolute Gasteiger partial charge is 0.261 e. The lowest BCUT2D eigenvalue weighted by atomic mass is 10.1. The maximum absolute atomic E-state index is 13.5. The molecule has 0 radical (unpaired) electrons. The van der Waals surface area contributed by atoms with Crippen molar-refractivity contribution in [3.05, 3.63) is 71.9 Å². The van der Waals surface area contributed by atoms with Gasteiger partial charge in [0.1, 0.15) is 17.3 Å². The van der Waals surface area contributed by atoms with Gasteiger partial charge in [0, 0.05) is 37.5 Å². The van der Waals surface area contributed by atoms with Crippen molar-refractivity contribution in [3.8, 4) is 23.0 Å². The molecule has 3 aromatic rings. The number of rotatable bonds is 6. The van der Waals surface area contributed by atoms with Gasteiger partial charge >= 0.3 is 0 Å². The Labute approximate surface area is 210 Å². The minimum atomic E-state index is -3.77. The van der Waals surface area contributed by atoms with Crippen LogP contribution in [0.15, 0.2) is 71.3 Å². The summed E-state index contributed by atoms with van der Waals surface area (Å²) in [5.41, 5.74) is 2.17. The van der Waals surface area contributed by atoms with Crippen LogP contribution in [0.2, 0.25) is 0 Å². The molecule has 9 nitrogen and oxygen atoms in total. The monoisotopic (exact) mass is 505 g/mol. The van der Waals surface area contributed by atoms with Gasteiger partial charge in [-0.1, -0.05) is 30.3 Å². The summed E-state index contributed by atoms with van der Waals surface area (Å²) in [6.07, 6.45) is 2.74. The molecule has 2 heterocycles. The van der Waals surface area contributed by atoms with Crippen LogP contribution in [0.5, 0.6) is 0 Å². The van der Waals surface area contributed by atoms with E-state index < -0.39 is 15.9 Å².